The third-order valence-electron chi connectivity index (χ3n) is 22.4. The molecule has 0 spiro atoms. The minimum atomic E-state index is -1.34. The molecule has 30 heteroatoms. The van der Waals surface area contributed by atoms with E-state index in [4.69, 9.17) is 25.3 Å². The molecular formula is C78H120N10O17S3. The molecule has 0 bridgehead atoms. The number of cyclic esters (lactones) is 3. The van der Waals surface area contributed by atoms with Crippen LogP contribution in [0, 0.1) is 72.5 Å². The molecule has 0 amide bonds. The number of aliphatic hydroxyl groups excluding tert-OH is 8. The number of hydrogen-bond donors (Lipinski definition) is 9. The number of aliphatic hydroxyl groups is 8. The molecule has 7 heterocycles. The first kappa shape index (κ1) is 92.4. The van der Waals surface area contributed by atoms with Gasteiger partial charge in [-0.15, -0.1) is 34.0 Å². The van der Waals surface area contributed by atoms with Gasteiger partial charge in [0, 0.05) is 68.6 Å². The maximum absolute atomic E-state index is 13.2. The van der Waals surface area contributed by atoms with Gasteiger partial charge >= 0.3 is 17.9 Å². The summed E-state index contributed by atoms with van der Waals surface area (Å²) in [6.45, 7) is 31.3. The van der Waals surface area contributed by atoms with Crippen molar-refractivity contribution in [1.82, 2.24) is 20.3 Å². The van der Waals surface area contributed by atoms with Gasteiger partial charge in [0.05, 0.1) is 129 Å². The third kappa shape index (κ3) is 26.8. The highest BCUT2D eigenvalue weighted by Gasteiger charge is 2.47. The SMILES string of the molecule is C/C(=C\c1csc(C)n1)[C@@H]1CC(O)[C@H](N=[N+]=[N-])CCC[C@H](C)[C@H](O)[C@@H](C)C(=O)C(C)(C)[C@@H](O)CC(=O)O1.C/C(=C\c1csc(C)n1)[C@@H]1C[C@@H]2N[C@@H]2CCC[C@H](C)[C@H](O)[C@@H](C)C(=O)C(C)(C)[C@@H](O)CC(=O)O1.C/C(=C\c1csc(C)n1)[C@@H]1C[C@H](N=[N+]=[N-])[C@@H](O)CCC[C@H](C)[C@H](O)[C@@H](C)C(=O)C(C)(C)[C@@H](O)CC(=O)O1. The first-order valence-corrected chi connectivity index (χ1v) is 40.4. The fourth-order valence-corrected chi connectivity index (χ4v) is 16.0. The average molecular weight is 1570 g/mol. The quantitative estimate of drug-likeness (QED) is 0.0252. The molecule has 4 aliphatic heterocycles. The highest BCUT2D eigenvalue weighted by Crippen LogP contribution is 2.38. The Balaban J connectivity index is 0.000000291. The van der Waals surface area contributed by atoms with Crippen LogP contribution in [0.5, 0.6) is 0 Å². The second kappa shape index (κ2) is 41.9. The molecule has 602 valence electrons. The van der Waals surface area contributed by atoms with E-state index in [1.54, 1.807) is 99.6 Å². The summed E-state index contributed by atoms with van der Waals surface area (Å²) in [6.07, 6.45) is -0.213. The van der Waals surface area contributed by atoms with Crippen LogP contribution < -0.4 is 5.32 Å². The van der Waals surface area contributed by atoms with Gasteiger partial charge in [-0.3, -0.25) is 28.8 Å². The summed E-state index contributed by atoms with van der Waals surface area (Å²) in [4.78, 5) is 97.4. The fourth-order valence-electron chi connectivity index (χ4n) is 14.3. The average Bonchev–Trinajstić information content (AvgIpc) is 1.15. The number of ether oxygens (including phenoxy) is 3. The van der Waals surface area contributed by atoms with E-state index in [9.17, 15) is 69.6 Å². The Bertz CT molecular complexity index is 3690. The lowest BCUT2D eigenvalue weighted by Gasteiger charge is -2.35. The second-order valence-corrected chi connectivity index (χ2v) is 35.4. The number of nitrogens with zero attached hydrogens (tertiary/aromatic N) is 9. The Morgan fingerprint density at radius 2 is 0.778 bits per heavy atom. The molecule has 4 fully saturated rings. The van der Waals surface area contributed by atoms with E-state index in [1.807, 2.05) is 70.7 Å². The molecule has 3 aromatic rings. The van der Waals surface area contributed by atoms with E-state index >= 15 is 0 Å². The molecule has 4 saturated heterocycles. The van der Waals surface area contributed by atoms with Gasteiger partial charge in [0.25, 0.3) is 0 Å². The topological polar surface area (TPSA) is 450 Å². The predicted molar refractivity (Wildman–Crippen MR) is 416 cm³/mol. The van der Waals surface area contributed by atoms with Crippen LogP contribution >= 0.6 is 34.0 Å². The number of nitrogens with one attached hydrogen (secondary N) is 1. The molecule has 0 aromatic carbocycles. The first-order valence-electron chi connectivity index (χ1n) is 37.8. The molecule has 9 N–H and O–H groups in total. The minimum absolute atomic E-state index is 0.0193. The van der Waals surface area contributed by atoms with Crippen LogP contribution in [0.1, 0.15) is 232 Å². The van der Waals surface area contributed by atoms with Crippen molar-refractivity contribution in [3.63, 3.8) is 0 Å². The highest BCUT2D eigenvalue weighted by atomic mass is 32.1. The molecule has 0 radical (unpaired) electrons. The van der Waals surface area contributed by atoms with Crippen molar-refractivity contribution in [3.8, 4) is 0 Å². The highest BCUT2D eigenvalue weighted by molar-refractivity contribution is 7.10. The van der Waals surface area contributed by atoms with Gasteiger partial charge in [0.1, 0.15) is 35.7 Å². The van der Waals surface area contributed by atoms with Crippen molar-refractivity contribution >= 4 is 87.5 Å². The van der Waals surface area contributed by atoms with E-state index in [0.717, 1.165) is 45.6 Å². The third-order valence-corrected chi connectivity index (χ3v) is 24.7. The van der Waals surface area contributed by atoms with Gasteiger partial charge < -0.3 is 60.4 Å². The lowest BCUT2D eigenvalue weighted by atomic mass is 9.73. The number of hydrogen-bond acceptors (Lipinski definition) is 26. The zero-order valence-electron chi connectivity index (χ0n) is 66.2. The number of carbonyl (C=O) groups excluding carboxylic acids is 6. The number of fused-ring (bicyclic) bond motifs is 1. The zero-order valence-corrected chi connectivity index (χ0v) is 68.6. The van der Waals surface area contributed by atoms with Crippen LogP contribution in [0.3, 0.4) is 0 Å². The van der Waals surface area contributed by atoms with Crippen molar-refractivity contribution in [2.45, 2.75) is 312 Å². The lowest BCUT2D eigenvalue weighted by molar-refractivity contribution is -0.156. The monoisotopic (exact) mass is 1560 g/mol. The number of Topliss-reactive ketones (excluding diaryl/α,β-unsaturated/α-hetero) is 3. The second-order valence-electron chi connectivity index (χ2n) is 32.2. The molecule has 3 aromatic heterocycles. The molecule has 4 aliphatic rings. The van der Waals surface area contributed by atoms with Gasteiger partial charge in [-0.05, 0) is 150 Å². The standard InChI is InChI=1S/2C26H40N4O6S.C26H40N2O5S/c1-14-8-7-9-20(31)19(29-30-27)11-21(15(2)10-18-13-37-17(4)28-18)36-23(33)12-22(32)26(5,6)25(35)16(3)24(14)34;1-14-8-7-9-19(29-30-27)20(31)11-21(15(2)10-18-13-37-17(4)28-18)36-23(33)12-22(32)26(5,6)25(35)16(3)24(14)34;1-14-8-7-9-19-20(28-19)11-21(15(2)10-18-13-34-17(4)27-18)33-23(30)12-22(29)26(5,6)25(32)16(3)24(14)31/h2*10,13-14,16,19-22,24,31-32,34H,7-9,11-12H2,1-6H3;10,13-14,16,19-22,24,28-29,31H,7-9,11-12H2,1-6H3/b3*15-10+/t14-,16+,19-,20-,21-,22-,24-;14-,16+,19+,20?,21-,22-,24-;14-,16+,19+,20-,21-,22-,24-/m000/s1. The molecule has 0 aliphatic carbocycles. The van der Waals surface area contributed by atoms with E-state index in [2.05, 4.69) is 40.3 Å². The van der Waals surface area contributed by atoms with Gasteiger partial charge in [0.15, 0.2) is 0 Å². The summed E-state index contributed by atoms with van der Waals surface area (Å²) in [5.74, 6) is -5.59. The molecule has 0 saturated carbocycles. The van der Waals surface area contributed by atoms with E-state index in [-0.39, 0.29) is 60.4 Å². The van der Waals surface area contributed by atoms with Crippen molar-refractivity contribution < 1.29 is 83.8 Å². The number of carbonyl (C=O) groups is 6. The number of rotatable bonds is 8. The summed E-state index contributed by atoms with van der Waals surface area (Å²) >= 11 is 4.53. The summed E-state index contributed by atoms with van der Waals surface area (Å²) in [5, 5.41) is 106. The van der Waals surface area contributed by atoms with Crippen molar-refractivity contribution in [3.05, 3.63) is 85.8 Å². The number of thiazole rings is 3. The molecule has 21 atom stereocenters. The Labute approximate surface area is 648 Å². The summed E-state index contributed by atoms with van der Waals surface area (Å²) in [7, 11) is 0. The van der Waals surface area contributed by atoms with Gasteiger partial charge in [0.2, 0.25) is 0 Å². The summed E-state index contributed by atoms with van der Waals surface area (Å²) in [5.41, 5.74) is 18.8. The van der Waals surface area contributed by atoms with E-state index in [0.29, 0.717) is 73.5 Å². The number of ketones is 3. The Morgan fingerprint density at radius 1 is 0.463 bits per heavy atom. The Morgan fingerprint density at radius 3 is 1.11 bits per heavy atom. The van der Waals surface area contributed by atoms with Crippen molar-refractivity contribution in [1.29, 1.82) is 0 Å². The molecule has 1 unspecified atom stereocenters. The molecule has 108 heavy (non-hydrogen) atoms. The molecule has 27 nitrogen and oxygen atoms in total. The largest absolute Gasteiger partial charge is 0.458 e. The van der Waals surface area contributed by atoms with E-state index in [1.165, 1.54) is 22.7 Å². The van der Waals surface area contributed by atoms with Crippen LogP contribution in [0.25, 0.3) is 39.1 Å². The van der Waals surface area contributed by atoms with E-state index < -0.39 is 144 Å². The lowest BCUT2D eigenvalue weighted by Crippen LogP contribution is -2.46. The number of aromatic nitrogens is 3. The van der Waals surface area contributed by atoms with Crippen LogP contribution in [-0.2, 0) is 43.0 Å². The fraction of sp³-hybridized carbons (Fsp3) is 0.731. The number of esters is 3. The molecular weight excluding hydrogens is 1450 g/mol. The minimum Gasteiger partial charge on any atom is -0.458 e. The van der Waals surface area contributed by atoms with Crippen LogP contribution in [0.15, 0.2) is 43.1 Å². The van der Waals surface area contributed by atoms with Crippen LogP contribution in [0.4, 0.5) is 0 Å². The number of aryl methyl sites for hydroxylation is 3. The zero-order chi connectivity index (χ0) is 81.0. The van der Waals surface area contributed by atoms with Crippen molar-refractivity contribution in [2.75, 3.05) is 0 Å². The number of azide groups is 2. The van der Waals surface area contributed by atoms with Crippen LogP contribution in [-0.4, -0.2) is 182 Å². The van der Waals surface area contributed by atoms with Crippen LogP contribution in [0.2, 0.25) is 0 Å². The van der Waals surface area contributed by atoms with Gasteiger partial charge in [-0.2, -0.15) is 0 Å². The normalized spacial score (nSPS) is 33.9. The summed E-state index contributed by atoms with van der Waals surface area (Å²) < 4.78 is 17.3. The maximum atomic E-state index is 13.2. The van der Waals surface area contributed by atoms with Gasteiger partial charge in [-0.25, -0.2) is 15.0 Å². The summed E-state index contributed by atoms with van der Waals surface area (Å²) in [6, 6.07) is -1.01. The Hall–Kier alpha value is -6.21. The Kier molecular flexibility index (Phi) is 35.8. The predicted octanol–water partition coefficient (Wildman–Crippen LogP) is 12.4. The maximum Gasteiger partial charge on any atom is 0.309 e. The molecule has 7 rings (SSSR count). The van der Waals surface area contributed by atoms with Crippen molar-refractivity contribution in [2.24, 2.45) is 62.0 Å². The van der Waals surface area contributed by atoms with Gasteiger partial charge in [-0.1, -0.05) is 113 Å². The smallest absolute Gasteiger partial charge is 0.309 e. The first-order chi connectivity index (χ1) is 50.4.